The van der Waals surface area contributed by atoms with Crippen molar-refractivity contribution in [2.75, 3.05) is 27.3 Å². The highest BCUT2D eigenvalue weighted by atomic mass is 16.5. The first-order valence-electron chi connectivity index (χ1n) is 5.56. The molecule has 0 bridgehead atoms. The van der Waals surface area contributed by atoms with Crippen LogP contribution < -0.4 is 9.47 Å². The molecule has 0 aliphatic heterocycles. The van der Waals surface area contributed by atoms with E-state index in [-0.39, 0.29) is 12.5 Å². The summed E-state index contributed by atoms with van der Waals surface area (Å²) in [5.41, 5.74) is 0.397. The summed E-state index contributed by atoms with van der Waals surface area (Å²) in [6, 6.07) is 6.97. The first kappa shape index (κ1) is 13.8. The van der Waals surface area contributed by atoms with Gasteiger partial charge in [-0.3, -0.25) is 4.79 Å². The molecule has 0 spiro atoms. The van der Waals surface area contributed by atoms with Gasteiger partial charge in [0.05, 0.1) is 25.9 Å². The minimum atomic E-state index is -0.241. The highest BCUT2D eigenvalue weighted by Crippen LogP contribution is 2.25. The minimum absolute atomic E-state index is 0.0513. The van der Waals surface area contributed by atoms with Gasteiger partial charge in [0.1, 0.15) is 18.0 Å². The van der Waals surface area contributed by atoms with E-state index in [0.29, 0.717) is 23.6 Å². The molecule has 0 aliphatic rings. The SMILES string of the molecule is CCN(CC#N)C(=O)c1cc(OC)ccc1OC. The maximum absolute atomic E-state index is 12.3. The molecule has 0 unspecified atom stereocenters. The molecule has 0 aromatic heterocycles. The maximum Gasteiger partial charge on any atom is 0.258 e. The zero-order valence-electron chi connectivity index (χ0n) is 10.8. The van der Waals surface area contributed by atoms with E-state index >= 15 is 0 Å². The number of methoxy groups -OCH3 is 2. The first-order valence-corrected chi connectivity index (χ1v) is 5.56. The van der Waals surface area contributed by atoms with Crippen molar-refractivity contribution in [1.29, 1.82) is 5.26 Å². The molecule has 96 valence electrons. The number of hydrogen-bond acceptors (Lipinski definition) is 4. The second-order valence-corrected chi connectivity index (χ2v) is 3.54. The zero-order chi connectivity index (χ0) is 13.5. The van der Waals surface area contributed by atoms with E-state index in [1.165, 1.54) is 19.1 Å². The molecule has 0 N–H and O–H groups in total. The summed E-state index contributed by atoms with van der Waals surface area (Å²) in [4.78, 5) is 13.7. The number of ether oxygens (including phenoxy) is 2. The molecule has 0 atom stereocenters. The van der Waals surface area contributed by atoms with E-state index in [1.54, 1.807) is 18.2 Å². The lowest BCUT2D eigenvalue weighted by atomic mass is 10.1. The van der Waals surface area contributed by atoms with Gasteiger partial charge in [0.15, 0.2) is 0 Å². The number of nitrogens with zero attached hydrogens (tertiary/aromatic N) is 2. The van der Waals surface area contributed by atoms with Gasteiger partial charge >= 0.3 is 0 Å². The number of nitriles is 1. The quantitative estimate of drug-likeness (QED) is 0.744. The molecule has 0 fully saturated rings. The molecule has 5 nitrogen and oxygen atoms in total. The Labute approximate surface area is 107 Å². The normalized spacial score (nSPS) is 9.44. The Morgan fingerprint density at radius 1 is 1.39 bits per heavy atom. The summed E-state index contributed by atoms with van der Waals surface area (Å²) >= 11 is 0. The van der Waals surface area contributed by atoms with Gasteiger partial charge in [-0.15, -0.1) is 0 Å². The Hall–Kier alpha value is -2.22. The Kier molecular flexibility index (Phi) is 5.00. The van der Waals surface area contributed by atoms with Crippen LogP contribution in [0.5, 0.6) is 11.5 Å². The molecule has 1 aromatic carbocycles. The average molecular weight is 248 g/mol. The smallest absolute Gasteiger partial charge is 0.258 e. The second kappa shape index (κ2) is 6.50. The third kappa shape index (κ3) is 2.92. The van der Waals surface area contributed by atoms with E-state index in [0.717, 1.165) is 0 Å². The van der Waals surface area contributed by atoms with Crippen LogP contribution in [-0.2, 0) is 0 Å². The predicted octanol–water partition coefficient (Wildman–Crippen LogP) is 1.69. The van der Waals surface area contributed by atoms with Crippen molar-refractivity contribution in [1.82, 2.24) is 4.90 Å². The molecule has 1 aromatic rings. The Morgan fingerprint density at radius 3 is 2.61 bits per heavy atom. The van der Waals surface area contributed by atoms with Gasteiger partial charge < -0.3 is 14.4 Å². The van der Waals surface area contributed by atoms with E-state index in [2.05, 4.69) is 0 Å². The highest BCUT2D eigenvalue weighted by molar-refractivity contribution is 5.97. The van der Waals surface area contributed by atoms with Crippen LogP contribution in [0.1, 0.15) is 17.3 Å². The molecule has 1 amide bonds. The maximum atomic E-state index is 12.3. The highest BCUT2D eigenvalue weighted by Gasteiger charge is 2.19. The van der Waals surface area contributed by atoms with Crippen LogP contribution in [0.25, 0.3) is 0 Å². The fourth-order valence-electron chi connectivity index (χ4n) is 1.56. The van der Waals surface area contributed by atoms with Gasteiger partial charge in [-0.1, -0.05) is 0 Å². The summed E-state index contributed by atoms with van der Waals surface area (Å²) in [6.07, 6.45) is 0. The van der Waals surface area contributed by atoms with Crippen LogP contribution in [0.2, 0.25) is 0 Å². The second-order valence-electron chi connectivity index (χ2n) is 3.54. The van der Waals surface area contributed by atoms with E-state index in [9.17, 15) is 4.79 Å². The van der Waals surface area contributed by atoms with Gasteiger partial charge in [0, 0.05) is 6.54 Å². The van der Waals surface area contributed by atoms with Gasteiger partial charge in [-0.25, -0.2) is 0 Å². The van der Waals surface area contributed by atoms with Gasteiger partial charge in [-0.05, 0) is 25.1 Å². The van der Waals surface area contributed by atoms with Crippen LogP contribution in [-0.4, -0.2) is 38.1 Å². The largest absolute Gasteiger partial charge is 0.497 e. The monoisotopic (exact) mass is 248 g/mol. The first-order chi connectivity index (χ1) is 8.67. The lowest BCUT2D eigenvalue weighted by Gasteiger charge is -2.19. The Bertz CT molecular complexity index is 466. The fourth-order valence-corrected chi connectivity index (χ4v) is 1.56. The Morgan fingerprint density at radius 2 is 2.11 bits per heavy atom. The molecule has 0 saturated carbocycles. The van der Waals surface area contributed by atoms with Gasteiger partial charge in [0.2, 0.25) is 0 Å². The molecular formula is C13H16N2O3. The number of carbonyl (C=O) groups excluding carboxylic acids is 1. The molecule has 0 aliphatic carbocycles. The lowest BCUT2D eigenvalue weighted by molar-refractivity contribution is 0.0780. The van der Waals surface area contributed by atoms with Crippen LogP contribution >= 0.6 is 0 Å². The zero-order valence-corrected chi connectivity index (χ0v) is 10.8. The number of rotatable bonds is 5. The van der Waals surface area contributed by atoms with Gasteiger partial charge in [0.25, 0.3) is 5.91 Å². The molecule has 0 radical (unpaired) electrons. The van der Waals surface area contributed by atoms with E-state index < -0.39 is 0 Å². The molecule has 0 heterocycles. The summed E-state index contributed by atoms with van der Waals surface area (Å²) in [7, 11) is 3.03. The van der Waals surface area contributed by atoms with Crippen molar-refractivity contribution in [2.45, 2.75) is 6.92 Å². The van der Waals surface area contributed by atoms with Crippen LogP contribution in [0.15, 0.2) is 18.2 Å². The number of benzene rings is 1. The summed E-state index contributed by atoms with van der Waals surface area (Å²) in [5.74, 6) is 0.805. The summed E-state index contributed by atoms with van der Waals surface area (Å²) in [6.45, 7) is 2.34. The Balaban J connectivity index is 3.13. The third-order valence-electron chi connectivity index (χ3n) is 2.57. The number of carbonyl (C=O) groups is 1. The van der Waals surface area contributed by atoms with Crippen molar-refractivity contribution >= 4 is 5.91 Å². The van der Waals surface area contributed by atoms with Crippen molar-refractivity contribution in [3.05, 3.63) is 23.8 Å². The lowest BCUT2D eigenvalue weighted by Crippen LogP contribution is -2.31. The van der Waals surface area contributed by atoms with Crippen molar-refractivity contribution in [3.63, 3.8) is 0 Å². The molecule has 1 rings (SSSR count). The van der Waals surface area contributed by atoms with E-state index in [1.807, 2.05) is 13.0 Å². The van der Waals surface area contributed by atoms with Crippen LogP contribution in [0, 0.1) is 11.3 Å². The molecule has 5 heteroatoms. The van der Waals surface area contributed by atoms with E-state index in [4.69, 9.17) is 14.7 Å². The third-order valence-corrected chi connectivity index (χ3v) is 2.57. The van der Waals surface area contributed by atoms with Crippen molar-refractivity contribution < 1.29 is 14.3 Å². The average Bonchev–Trinajstić information content (AvgIpc) is 2.43. The summed E-state index contributed by atoms with van der Waals surface area (Å²) < 4.78 is 10.2. The van der Waals surface area contributed by atoms with Crippen molar-refractivity contribution in [2.24, 2.45) is 0 Å². The fraction of sp³-hybridized carbons (Fsp3) is 0.385. The van der Waals surface area contributed by atoms with Crippen LogP contribution in [0.3, 0.4) is 0 Å². The van der Waals surface area contributed by atoms with Gasteiger partial charge in [-0.2, -0.15) is 5.26 Å². The predicted molar refractivity (Wildman–Crippen MR) is 66.7 cm³/mol. The summed E-state index contributed by atoms with van der Waals surface area (Å²) in [5, 5.41) is 8.69. The standard InChI is InChI=1S/C13H16N2O3/c1-4-15(8-7-14)13(16)11-9-10(17-2)5-6-12(11)18-3/h5-6,9H,4,8H2,1-3H3. The molecular weight excluding hydrogens is 232 g/mol. The number of hydrogen-bond donors (Lipinski definition) is 0. The van der Waals surface area contributed by atoms with Crippen molar-refractivity contribution in [3.8, 4) is 17.6 Å². The van der Waals surface area contributed by atoms with Crippen LogP contribution in [0.4, 0.5) is 0 Å². The minimum Gasteiger partial charge on any atom is -0.497 e. The molecule has 0 saturated heterocycles. The number of amides is 1. The molecule has 18 heavy (non-hydrogen) atoms. The topological polar surface area (TPSA) is 62.6 Å².